The monoisotopic (exact) mass is 519 g/mol. The average molecular weight is 519 g/mol. The van der Waals surface area contributed by atoms with E-state index in [1.807, 2.05) is 0 Å². The van der Waals surface area contributed by atoms with E-state index in [4.69, 9.17) is 9.47 Å². The standard InChI is InChI=1S/C20H33N5O3.HI/c1-20(2,25-11-13-28-14-12-25)15-24-19(21-3)23-10-9-22-18(26)16-5-7-17(27-4)8-6-16;/h5-8H,9-15H2,1-4H3,(H,22,26)(H2,21,23,24);1H. The molecule has 29 heavy (non-hydrogen) atoms. The van der Waals surface area contributed by atoms with E-state index in [-0.39, 0.29) is 35.4 Å². The minimum Gasteiger partial charge on any atom is -0.497 e. The van der Waals surface area contributed by atoms with Gasteiger partial charge in [0, 0.05) is 50.9 Å². The second kappa shape index (κ2) is 12.9. The van der Waals surface area contributed by atoms with E-state index in [0.717, 1.165) is 44.6 Å². The molecule has 1 aliphatic heterocycles. The summed E-state index contributed by atoms with van der Waals surface area (Å²) in [5.41, 5.74) is 0.611. The number of benzene rings is 1. The van der Waals surface area contributed by atoms with E-state index in [1.165, 1.54) is 0 Å². The maximum absolute atomic E-state index is 12.1. The topological polar surface area (TPSA) is 87.2 Å². The van der Waals surface area contributed by atoms with Crippen molar-refractivity contribution in [2.45, 2.75) is 19.4 Å². The zero-order chi connectivity index (χ0) is 20.4. The summed E-state index contributed by atoms with van der Waals surface area (Å²) >= 11 is 0. The maximum Gasteiger partial charge on any atom is 0.251 e. The van der Waals surface area contributed by atoms with Crippen LogP contribution in [-0.2, 0) is 4.74 Å². The number of halogens is 1. The van der Waals surface area contributed by atoms with Gasteiger partial charge in [-0.1, -0.05) is 0 Å². The van der Waals surface area contributed by atoms with Crippen LogP contribution in [-0.4, -0.2) is 82.4 Å². The molecule has 0 atom stereocenters. The Labute approximate surface area is 190 Å². The number of aliphatic imine (C=N–C) groups is 1. The fraction of sp³-hybridized carbons (Fsp3) is 0.600. The average Bonchev–Trinajstić information content (AvgIpc) is 2.73. The van der Waals surface area contributed by atoms with E-state index >= 15 is 0 Å². The minimum absolute atomic E-state index is 0. The molecule has 1 amide bonds. The summed E-state index contributed by atoms with van der Waals surface area (Å²) in [5, 5.41) is 9.49. The molecular weight excluding hydrogens is 485 g/mol. The minimum atomic E-state index is -0.110. The lowest BCUT2D eigenvalue weighted by Gasteiger charge is -2.41. The number of rotatable bonds is 8. The Hall–Kier alpha value is -1.59. The van der Waals surface area contributed by atoms with E-state index in [2.05, 4.69) is 39.7 Å². The van der Waals surface area contributed by atoms with Crippen LogP contribution >= 0.6 is 24.0 Å². The maximum atomic E-state index is 12.1. The molecule has 0 bridgehead atoms. The van der Waals surface area contributed by atoms with Crippen LogP contribution in [0, 0.1) is 0 Å². The van der Waals surface area contributed by atoms with Gasteiger partial charge in [-0.2, -0.15) is 0 Å². The number of carbonyl (C=O) groups is 1. The van der Waals surface area contributed by atoms with Crippen LogP contribution in [0.1, 0.15) is 24.2 Å². The molecule has 164 valence electrons. The third-order valence-corrected chi connectivity index (χ3v) is 4.83. The van der Waals surface area contributed by atoms with Gasteiger partial charge in [-0.3, -0.25) is 14.7 Å². The Morgan fingerprint density at radius 1 is 1.14 bits per heavy atom. The van der Waals surface area contributed by atoms with Crippen LogP contribution in [0.2, 0.25) is 0 Å². The van der Waals surface area contributed by atoms with E-state index in [1.54, 1.807) is 38.4 Å². The molecule has 0 aromatic heterocycles. The van der Waals surface area contributed by atoms with Crippen LogP contribution in [0.5, 0.6) is 5.75 Å². The van der Waals surface area contributed by atoms with Gasteiger partial charge in [0.05, 0.1) is 20.3 Å². The third kappa shape index (κ3) is 8.35. The van der Waals surface area contributed by atoms with Gasteiger partial charge in [-0.05, 0) is 38.1 Å². The normalized spacial score (nSPS) is 15.2. The summed E-state index contributed by atoms with van der Waals surface area (Å²) in [6.45, 7) is 9.73. The number of ether oxygens (including phenoxy) is 2. The zero-order valence-corrected chi connectivity index (χ0v) is 20.1. The lowest BCUT2D eigenvalue weighted by molar-refractivity contribution is -0.00833. The smallest absolute Gasteiger partial charge is 0.251 e. The molecule has 9 heteroatoms. The summed E-state index contributed by atoms with van der Waals surface area (Å²) in [6, 6.07) is 7.04. The van der Waals surface area contributed by atoms with Crippen LogP contribution in [0.15, 0.2) is 29.3 Å². The molecule has 1 heterocycles. The number of nitrogens with zero attached hydrogens (tertiary/aromatic N) is 2. The molecule has 0 saturated carbocycles. The summed E-state index contributed by atoms with van der Waals surface area (Å²) in [6.07, 6.45) is 0. The first-order valence-electron chi connectivity index (χ1n) is 9.66. The van der Waals surface area contributed by atoms with Crippen molar-refractivity contribution in [2.24, 2.45) is 4.99 Å². The number of guanidine groups is 1. The summed E-state index contributed by atoms with van der Waals surface area (Å²) in [5.74, 6) is 1.34. The number of methoxy groups -OCH3 is 1. The van der Waals surface area contributed by atoms with Crippen molar-refractivity contribution in [3.05, 3.63) is 29.8 Å². The van der Waals surface area contributed by atoms with E-state index in [9.17, 15) is 4.79 Å². The molecule has 1 fully saturated rings. The van der Waals surface area contributed by atoms with Gasteiger partial charge >= 0.3 is 0 Å². The van der Waals surface area contributed by atoms with Crippen molar-refractivity contribution < 1.29 is 14.3 Å². The molecule has 0 aliphatic carbocycles. The molecule has 1 saturated heterocycles. The summed E-state index contributed by atoms with van der Waals surface area (Å²) in [4.78, 5) is 18.8. The Bertz CT molecular complexity index is 646. The number of hydrogen-bond acceptors (Lipinski definition) is 5. The number of carbonyl (C=O) groups excluding carboxylic acids is 1. The van der Waals surface area contributed by atoms with E-state index in [0.29, 0.717) is 18.7 Å². The van der Waals surface area contributed by atoms with Crippen LogP contribution in [0.3, 0.4) is 0 Å². The molecule has 1 aromatic rings. The molecule has 0 unspecified atom stereocenters. The molecule has 1 aromatic carbocycles. The summed E-state index contributed by atoms with van der Waals surface area (Å²) < 4.78 is 10.5. The van der Waals surface area contributed by atoms with Crippen molar-refractivity contribution in [3.63, 3.8) is 0 Å². The quantitative estimate of drug-likeness (QED) is 0.208. The van der Waals surface area contributed by atoms with Gasteiger partial charge in [0.15, 0.2) is 5.96 Å². The fourth-order valence-corrected chi connectivity index (χ4v) is 3.00. The van der Waals surface area contributed by atoms with Crippen molar-refractivity contribution in [1.82, 2.24) is 20.9 Å². The fourth-order valence-electron chi connectivity index (χ4n) is 3.00. The summed E-state index contributed by atoms with van der Waals surface area (Å²) in [7, 11) is 3.34. The van der Waals surface area contributed by atoms with Gasteiger partial charge in [0.25, 0.3) is 5.91 Å². The first-order valence-corrected chi connectivity index (χ1v) is 9.66. The number of morpholine rings is 1. The highest BCUT2D eigenvalue weighted by molar-refractivity contribution is 14.0. The Kier molecular flexibility index (Phi) is 11.3. The van der Waals surface area contributed by atoms with Gasteiger partial charge in [0.1, 0.15) is 5.75 Å². The van der Waals surface area contributed by atoms with Gasteiger partial charge in [0.2, 0.25) is 0 Å². The SMILES string of the molecule is CN=C(NCCNC(=O)c1ccc(OC)cc1)NCC(C)(C)N1CCOCC1.I. The van der Waals surface area contributed by atoms with E-state index < -0.39 is 0 Å². The van der Waals surface area contributed by atoms with Crippen molar-refractivity contribution in [1.29, 1.82) is 0 Å². The first-order chi connectivity index (χ1) is 13.5. The van der Waals surface area contributed by atoms with Crippen molar-refractivity contribution in [2.75, 3.05) is 60.1 Å². The first kappa shape index (κ1) is 25.4. The molecule has 8 nitrogen and oxygen atoms in total. The highest BCUT2D eigenvalue weighted by Crippen LogP contribution is 2.15. The van der Waals surface area contributed by atoms with Crippen molar-refractivity contribution >= 4 is 35.8 Å². The Balaban J connectivity index is 0.00000420. The second-order valence-electron chi connectivity index (χ2n) is 7.25. The van der Waals surface area contributed by atoms with Crippen LogP contribution < -0.4 is 20.7 Å². The molecule has 0 radical (unpaired) electrons. The third-order valence-electron chi connectivity index (χ3n) is 4.83. The molecule has 2 rings (SSSR count). The highest BCUT2D eigenvalue weighted by Gasteiger charge is 2.28. The molecule has 3 N–H and O–H groups in total. The van der Waals surface area contributed by atoms with Gasteiger partial charge < -0.3 is 25.4 Å². The molecular formula is C20H34IN5O3. The number of hydrogen-bond donors (Lipinski definition) is 3. The second-order valence-corrected chi connectivity index (χ2v) is 7.25. The van der Waals surface area contributed by atoms with Crippen molar-refractivity contribution in [3.8, 4) is 5.75 Å². The zero-order valence-electron chi connectivity index (χ0n) is 17.8. The van der Waals surface area contributed by atoms with Gasteiger partial charge in [-0.25, -0.2) is 0 Å². The number of nitrogens with one attached hydrogen (secondary N) is 3. The largest absolute Gasteiger partial charge is 0.497 e. The highest BCUT2D eigenvalue weighted by atomic mass is 127. The predicted octanol–water partition coefficient (Wildman–Crippen LogP) is 1.32. The predicted molar refractivity (Wildman–Crippen MR) is 127 cm³/mol. The Morgan fingerprint density at radius 3 is 2.34 bits per heavy atom. The van der Waals surface area contributed by atoms with Gasteiger partial charge in [-0.15, -0.1) is 24.0 Å². The lowest BCUT2D eigenvalue weighted by atomic mass is 10.0. The Morgan fingerprint density at radius 2 is 1.76 bits per heavy atom. The van der Waals surface area contributed by atoms with Crippen LogP contribution in [0.4, 0.5) is 0 Å². The molecule has 0 spiro atoms. The lowest BCUT2D eigenvalue weighted by Crippen LogP contribution is -2.56. The number of amides is 1. The van der Waals surface area contributed by atoms with Crippen LogP contribution in [0.25, 0.3) is 0 Å². The molecule has 1 aliphatic rings.